The largest absolute Gasteiger partial charge is 0.446 e. The van der Waals surface area contributed by atoms with Gasteiger partial charge in [-0.15, -0.1) is 0 Å². The second-order valence-corrected chi connectivity index (χ2v) is 5.44. The van der Waals surface area contributed by atoms with Crippen molar-refractivity contribution in [3.63, 3.8) is 0 Å². The molecule has 10 heteroatoms. The molecule has 2 rings (SSSR count). The Labute approximate surface area is 149 Å². The van der Waals surface area contributed by atoms with Crippen LogP contribution in [0, 0.1) is 0 Å². The van der Waals surface area contributed by atoms with Crippen LogP contribution in [0.3, 0.4) is 0 Å². The molecular formula is C16H21F3N6O. The lowest BCUT2D eigenvalue weighted by atomic mass is 10.1. The molecular weight excluding hydrogens is 349 g/mol. The molecule has 0 spiro atoms. The number of guanidine groups is 2. The van der Waals surface area contributed by atoms with Crippen molar-refractivity contribution in [2.24, 2.45) is 21.5 Å². The summed E-state index contributed by atoms with van der Waals surface area (Å²) in [6, 6.07) is 4.05. The number of hydrogen-bond acceptors (Lipinski definition) is 3. The van der Waals surface area contributed by atoms with Gasteiger partial charge >= 0.3 is 6.18 Å². The minimum Gasteiger partial charge on any atom is -0.369 e. The first-order valence-corrected chi connectivity index (χ1v) is 7.61. The van der Waals surface area contributed by atoms with Gasteiger partial charge in [0, 0.05) is 33.3 Å². The number of aromatic nitrogens is 1. The number of pyridine rings is 1. The maximum Gasteiger partial charge on any atom is 0.446 e. The number of carbonyl (C=O) groups excluding carboxylic acids is 1. The molecule has 0 unspecified atom stereocenters. The Bertz CT molecular complexity index is 710. The zero-order valence-corrected chi connectivity index (χ0v) is 14.5. The fourth-order valence-electron chi connectivity index (χ4n) is 2.00. The molecule has 0 aliphatic heterocycles. The van der Waals surface area contributed by atoms with E-state index in [1.54, 1.807) is 19.0 Å². The zero-order chi connectivity index (χ0) is 19.7. The minimum atomic E-state index is -4.64. The summed E-state index contributed by atoms with van der Waals surface area (Å²) in [4.78, 5) is 23.0. The van der Waals surface area contributed by atoms with E-state index in [9.17, 15) is 13.2 Å². The summed E-state index contributed by atoms with van der Waals surface area (Å²) in [7, 11) is 3.61. The van der Waals surface area contributed by atoms with Crippen molar-refractivity contribution >= 4 is 23.8 Å². The number of fused-ring (bicyclic) bond motifs is 1. The Balaban J connectivity index is 0.000000487. The molecule has 0 bridgehead atoms. The highest BCUT2D eigenvalue weighted by Crippen LogP contribution is 2.27. The summed E-state index contributed by atoms with van der Waals surface area (Å²) in [6.45, 7) is 0.593. The summed E-state index contributed by atoms with van der Waals surface area (Å²) in [5.41, 5.74) is 15.0. The van der Waals surface area contributed by atoms with Crippen molar-refractivity contribution in [2.45, 2.75) is 19.0 Å². The number of allylic oxidation sites excluding steroid dienone is 1. The smallest absolute Gasteiger partial charge is 0.369 e. The van der Waals surface area contributed by atoms with Gasteiger partial charge in [-0.3, -0.25) is 14.8 Å². The zero-order valence-electron chi connectivity index (χ0n) is 14.5. The molecule has 0 amide bonds. The maximum atomic E-state index is 10.4. The van der Waals surface area contributed by atoms with Crippen molar-refractivity contribution in [3.05, 3.63) is 35.7 Å². The van der Waals surface area contributed by atoms with Gasteiger partial charge in [0.15, 0.2) is 5.96 Å². The molecule has 0 radical (unpaired) electrons. The molecule has 1 aromatic heterocycles. The van der Waals surface area contributed by atoms with Crippen LogP contribution in [0.4, 0.5) is 13.2 Å². The highest BCUT2D eigenvalue weighted by Gasteiger charge is 2.24. The van der Waals surface area contributed by atoms with Crippen molar-refractivity contribution in [1.82, 2.24) is 9.88 Å². The normalized spacial score (nSPS) is 14.1. The van der Waals surface area contributed by atoms with Crippen LogP contribution < -0.4 is 11.5 Å². The number of carbonyl (C=O) groups is 1. The predicted octanol–water partition coefficient (Wildman–Crippen LogP) is 1.35. The third kappa shape index (κ3) is 7.32. The topological polar surface area (TPSA) is 110 Å². The van der Waals surface area contributed by atoms with E-state index in [2.05, 4.69) is 27.1 Å². The molecule has 0 aromatic carbocycles. The Hall–Kier alpha value is -2.91. The van der Waals surface area contributed by atoms with Gasteiger partial charge in [-0.1, -0.05) is 12.1 Å². The van der Waals surface area contributed by atoms with E-state index in [0.29, 0.717) is 12.5 Å². The van der Waals surface area contributed by atoms with Crippen LogP contribution in [0.25, 0.3) is 5.57 Å². The SMILES string of the molecule is CN(C)C(N)=NC(N)=NCCC1=CCc2ncccc21.O=CC(F)(F)F. The second-order valence-electron chi connectivity index (χ2n) is 5.44. The standard InChI is InChI=1S/C14H20N6.C2HF3O/c1-20(2)14(16)19-13(15)18-9-7-10-5-6-12-11(10)4-3-8-17-12;3-2(4,5)1-6/h3-5,8H,6-7,9H2,1-2H3,(H4,15,16,18,19);1H. The van der Waals surface area contributed by atoms with E-state index in [1.807, 2.05) is 12.3 Å². The summed E-state index contributed by atoms with van der Waals surface area (Å²) in [5, 5.41) is 0. The van der Waals surface area contributed by atoms with E-state index in [4.69, 9.17) is 16.3 Å². The highest BCUT2D eigenvalue weighted by molar-refractivity contribution is 5.93. The predicted molar refractivity (Wildman–Crippen MR) is 94.5 cm³/mol. The van der Waals surface area contributed by atoms with Crippen molar-refractivity contribution in [2.75, 3.05) is 20.6 Å². The van der Waals surface area contributed by atoms with Crippen LogP contribution in [0.5, 0.6) is 0 Å². The average Bonchev–Trinajstić information content (AvgIpc) is 2.98. The van der Waals surface area contributed by atoms with Crippen molar-refractivity contribution in [1.29, 1.82) is 0 Å². The van der Waals surface area contributed by atoms with Crippen LogP contribution in [-0.4, -0.2) is 54.9 Å². The van der Waals surface area contributed by atoms with Gasteiger partial charge in [0.25, 0.3) is 0 Å². The van der Waals surface area contributed by atoms with Gasteiger partial charge in [0.05, 0.1) is 5.69 Å². The number of aliphatic imine (C=N–C) groups is 2. The number of halogens is 3. The molecule has 26 heavy (non-hydrogen) atoms. The lowest BCUT2D eigenvalue weighted by molar-refractivity contribution is -0.156. The molecule has 7 nitrogen and oxygen atoms in total. The van der Waals surface area contributed by atoms with E-state index in [1.165, 1.54) is 11.1 Å². The molecule has 0 saturated carbocycles. The van der Waals surface area contributed by atoms with Crippen molar-refractivity contribution in [3.8, 4) is 0 Å². The molecule has 1 aromatic rings. The maximum absolute atomic E-state index is 10.4. The number of nitrogens with zero attached hydrogens (tertiary/aromatic N) is 4. The Kier molecular flexibility index (Phi) is 7.76. The van der Waals surface area contributed by atoms with E-state index in [0.717, 1.165) is 18.5 Å². The van der Waals surface area contributed by atoms with E-state index in [-0.39, 0.29) is 5.96 Å². The minimum absolute atomic E-state index is 0.209. The molecule has 1 aliphatic rings. The number of rotatable bonds is 3. The van der Waals surface area contributed by atoms with Gasteiger partial charge in [0.2, 0.25) is 12.2 Å². The molecule has 1 heterocycles. The Morgan fingerprint density at radius 1 is 1.38 bits per heavy atom. The Morgan fingerprint density at radius 2 is 2.04 bits per heavy atom. The third-order valence-electron chi connectivity index (χ3n) is 3.25. The lowest BCUT2D eigenvalue weighted by Crippen LogP contribution is -2.32. The first-order chi connectivity index (χ1) is 12.1. The number of nitrogens with two attached hydrogens (primary N) is 2. The quantitative estimate of drug-likeness (QED) is 0.474. The summed E-state index contributed by atoms with van der Waals surface area (Å²) < 4.78 is 31.2. The highest BCUT2D eigenvalue weighted by atomic mass is 19.4. The average molecular weight is 370 g/mol. The number of hydrogen-bond donors (Lipinski definition) is 2. The Morgan fingerprint density at radius 3 is 2.62 bits per heavy atom. The fourth-order valence-corrected chi connectivity index (χ4v) is 2.00. The van der Waals surface area contributed by atoms with Gasteiger partial charge < -0.3 is 16.4 Å². The van der Waals surface area contributed by atoms with Crippen LogP contribution in [-0.2, 0) is 11.2 Å². The summed E-state index contributed by atoms with van der Waals surface area (Å²) in [6.07, 6.45) is 0.0472. The lowest BCUT2D eigenvalue weighted by Gasteiger charge is -2.09. The van der Waals surface area contributed by atoms with Gasteiger partial charge in [0.1, 0.15) is 0 Å². The van der Waals surface area contributed by atoms with E-state index >= 15 is 0 Å². The van der Waals surface area contributed by atoms with Gasteiger partial charge in [-0.05, 0) is 23.6 Å². The van der Waals surface area contributed by atoms with Crippen LogP contribution in [0.1, 0.15) is 17.7 Å². The van der Waals surface area contributed by atoms with Crippen LogP contribution >= 0.6 is 0 Å². The summed E-state index contributed by atoms with van der Waals surface area (Å²) >= 11 is 0. The van der Waals surface area contributed by atoms with Crippen LogP contribution in [0.2, 0.25) is 0 Å². The van der Waals surface area contributed by atoms with Gasteiger partial charge in [-0.2, -0.15) is 18.2 Å². The third-order valence-corrected chi connectivity index (χ3v) is 3.25. The molecule has 0 fully saturated rings. The first kappa shape index (κ1) is 21.1. The monoisotopic (exact) mass is 370 g/mol. The van der Waals surface area contributed by atoms with Crippen molar-refractivity contribution < 1.29 is 18.0 Å². The van der Waals surface area contributed by atoms with Gasteiger partial charge in [-0.25, -0.2) is 0 Å². The molecule has 0 saturated heterocycles. The molecule has 1 aliphatic carbocycles. The second kappa shape index (κ2) is 9.54. The molecule has 0 atom stereocenters. The fraction of sp³-hybridized carbons (Fsp3) is 0.375. The molecule has 142 valence electrons. The summed E-state index contributed by atoms with van der Waals surface area (Å²) in [5.74, 6) is 0.557. The first-order valence-electron chi connectivity index (χ1n) is 7.61. The number of alkyl halides is 3. The van der Waals surface area contributed by atoms with Crippen LogP contribution in [0.15, 0.2) is 34.4 Å². The van der Waals surface area contributed by atoms with E-state index < -0.39 is 12.5 Å². The number of aldehydes is 1. The molecule has 4 N–H and O–H groups in total.